The van der Waals surface area contributed by atoms with E-state index >= 15 is 0 Å². The Balaban J connectivity index is 0.000000268. The van der Waals surface area contributed by atoms with E-state index in [2.05, 4.69) is 19.9 Å². The topological polar surface area (TPSA) is 70.0 Å². The molecule has 3 aromatic rings. The summed E-state index contributed by atoms with van der Waals surface area (Å²) < 4.78 is 10.7. The van der Waals surface area contributed by atoms with Crippen LogP contribution in [0.3, 0.4) is 0 Å². The lowest BCUT2D eigenvalue weighted by atomic mass is 10.3. The van der Waals surface area contributed by atoms with Crippen LogP contribution in [0.25, 0.3) is 0 Å². The minimum atomic E-state index is 0.149. The van der Waals surface area contributed by atoms with Gasteiger partial charge in [0.25, 0.3) is 0 Å². The third kappa shape index (κ3) is 5.05. The molecule has 0 bridgehead atoms. The quantitative estimate of drug-likeness (QED) is 0.663. The van der Waals surface area contributed by atoms with E-state index in [9.17, 15) is 0 Å². The molecule has 0 aliphatic rings. The Morgan fingerprint density at radius 3 is 1.91 bits per heavy atom. The third-order valence-electron chi connectivity index (χ3n) is 2.48. The van der Waals surface area contributed by atoms with Crippen LogP contribution in [0.4, 0.5) is 0 Å². The van der Waals surface area contributed by atoms with E-state index in [1.165, 1.54) is 12.7 Å². The SMILES string of the molecule is COc1ccccc1Oc1c(Cl)ncnc1Cl.c1cncnc1. The number of benzene rings is 1. The second-order valence-electron chi connectivity index (χ2n) is 3.94. The minimum absolute atomic E-state index is 0.149. The maximum atomic E-state index is 5.87. The number of rotatable bonds is 3. The van der Waals surface area contributed by atoms with Gasteiger partial charge in [-0.2, -0.15) is 0 Å². The molecule has 2 heterocycles. The van der Waals surface area contributed by atoms with Gasteiger partial charge in [-0.3, -0.25) is 0 Å². The van der Waals surface area contributed by atoms with Crippen LogP contribution in [0.15, 0.2) is 55.4 Å². The number of ether oxygens (including phenoxy) is 2. The van der Waals surface area contributed by atoms with Crippen molar-refractivity contribution in [1.82, 2.24) is 19.9 Å². The number of para-hydroxylation sites is 2. The molecule has 0 amide bonds. The van der Waals surface area contributed by atoms with Gasteiger partial charge in [-0.1, -0.05) is 35.3 Å². The predicted molar refractivity (Wildman–Crippen MR) is 87.2 cm³/mol. The van der Waals surface area contributed by atoms with E-state index < -0.39 is 0 Å². The molecule has 0 saturated heterocycles. The molecular formula is C15H12Cl2N4O2. The van der Waals surface area contributed by atoms with Crippen molar-refractivity contribution in [2.45, 2.75) is 0 Å². The molecule has 2 aromatic heterocycles. The van der Waals surface area contributed by atoms with Crippen LogP contribution in [-0.2, 0) is 0 Å². The average Bonchev–Trinajstić information content (AvgIpc) is 2.61. The largest absolute Gasteiger partial charge is 0.493 e. The summed E-state index contributed by atoms with van der Waals surface area (Å²) in [5.74, 6) is 1.28. The summed E-state index contributed by atoms with van der Waals surface area (Å²) in [6, 6.07) is 8.92. The molecule has 0 N–H and O–H groups in total. The molecule has 6 nitrogen and oxygen atoms in total. The molecule has 0 unspecified atom stereocenters. The molecule has 0 fully saturated rings. The first kappa shape index (κ1) is 16.9. The summed E-state index contributed by atoms with van der Waals surface area (Å²) in [6.07, 6.45) is 6.14. The fourth-order valence-electron chi connectivity index (χ4n) is 1.48. The Bertz CT molecular complexity index is 698. The Kier molecular flexibility index (Phi) is 6.53. The number of aromatic nitrogens is 4. The van der Waals surface area contributed by atoms with E-state index in [4.69, 9.17) is 32.7 Å². The molecule has 118 valence electrons. The van der Waals surface area contributed by atoms with E-state index in [0.717, 1.165) is 0 Å². The standard InChI is InChI=1S/C11H8Cl2N2O2.C4H4N2/c1-16-7-4-2-3-5-8(7)17-9-10(12)14-6-15-11(9)13;1-2-5-4-6-3-1/h2-6H,1H3;1-4H. The first-order valence-electron chi connectivity index (χ1n) is 6.39. The summed E-state index contributed by atoms with van der Waals surface area (Å²) in [4.78, 5) is 14.9. The van der Waals surface area contributed by atoms with Gasteiger partial charge in [0.15, 0.2) is 21.8 Å². The zero-order valence-electron chi connectivity index (χ0n) is 12.1. The molecule has 0 radical (unpaired) electrons. The normalized spacial score (nSPS) is 9.52. The smallest absolute Gasteiger partial charge is 0.202 e. The summed E-state index contributed by atoms with van der Waals surface area (Å²) in [7, 11) is 1.55. The summed E-state index contributed by atoms with van der Waals surface area (Å²) in [5.41, 5.74) is 0. The summed E-state index contributed by atoms with van der Waals surface area (Å²) in [6.45, 7) is 0. The van der Waals surface area contributed by atoms with Gasteiger partial charge in [-0.15, -0.1) is 0 Å². The van der Waals surface area contributed by atoms with Crippen LogP contribution < -0.4 is 9.47 Å². The van der Waals surface area contributed by atoms with E-state index in [1.54, 1.807) is 37.7 Å². The van der Waals surface area contributed by atoms with Crippen LogP contribution >= 0.6 is 23.2 Å². The maximum Gasteiger partial charge on any atom is 0.202 e. The van der Waals surface area contributed by atoms with Gasteiger partial charge in [0.2, 0.25) is 5.75 Å². The molecule has 23 heavy (non-hydrogen) atoms. The van der Waals surface area contributed by atoms with Crippen molar-refractivity contribution in [2.24, 2.45) is 0 Å². The van der Waals surface area contributed by atoms with Crippen molar-refractivity contribution in [3.05, 3.63) is 65.7 Å². The van der Waals surface area contributed by atoms with Gasteiger partial charge in [0.1, 0.15) is 12.7 Å². The van der Waals surface area contributed by atoms with E-state index in [-0.39, 0.29) is 16.1 Å². The molecule has 1 aromatic carbocycles. The van der Waals surface area contributed by atoms with E-state index in [1.807, 2.05) is 12.1 Å². The number of hydrogen-bond donors (Lipinski definition) is 0. The number of methoxy groups -OCH3 is 1. The minimum Gasteiger partial charge on any atom is -0.493 e. The van der Waals surface area contributed by atoms with Crippen LogP contribution in [0.1, 0.15) is 0 Å². The van der Waals surface area contributed by atoms with E-state index in [0.29, 0.717) is 11.5 Å². The van der Waals surface area contributed by atoms with Gasteiger partial charge in [0, 0.05) is 12.4 Å². The molecule has 3 rings (SSSR count). The Labute approximate surface area is 143 Å². The highest BCUT2D eigenvalue weighted by Crippen LogP contribution is 2.36. The Hall–Kier alpha value is -2.44. The fraction of sp³-hybridized carbons (Fsp3) is 0.0667. The van der Waals surface area contributed by atoms with Crippen molar-refractivity contribution >= 4 is 23.2 Å². The Morgan fingerprint density at radius 2 is 1.43 bits per heavy atom. The molecule has 8 heteroatoms. The van der Waals surface area contributed by atoms with Crippen molar-refractivity contribution in [2.75, 3.05) is 7.11 Å². The highest BCUT2D eigenvalue weighted by molar-refractivity contribution is 6.35. The van der Waals surface area contributed by atoms with Gasteiger partial charge in [0.05, 0.1) is 7.11 Å². The molecule has 0 spiro atoms. The van der Waals surface area contributed by atoms with Crippen LogP contribution in [-0.4, -0.2) is 27.0 Å². The lowest BCUT2D eigenvalue weighted by molar-refractivity contribution is 0.378. The second-order valence-corrected chi connectivity index (χ2v) is 4.66. The van der Waals surface area contributed by atoms with Gasteiger partial charge in [-0.25, -0.2) is 19.9 Å². The highest BCUT2D eigenvalue weighted by Gasteiger charge is 2.13. The monoisotopic (exact) mass is 350 g/mol. The number of nitrogens with zero attached hydrogens (tertiary/aromatic N) is 4. The van der Waals surface area contributed by atoms with Gasteiger partial charge in [-0.05, 0) is 18.2 Å². The maximum absolute atomic E-state index is 5.87. The summed E-state index contributed by atoms with van der Waals surface area (Å²) in [5, 5.41) is 0.298. The molecule has 0 saturated carbocycles. The lowest BCUT2D eigenvalue weighted by Crippen LogP contribution is -1.93. The first-order chi connectivity index (χ1) is 11.2. The zero-order valence-corrected chi connectivity index (χ0v) is 13.6. The van der Waals surface area contributed by atoms with Crippen LogP contribution in [0.2, 0.25) is 10.3 Å². The third-order valence-corrected chi connectivity index (χ3v) is 3.01. The van der Waals surface area contributed by atoms with Gasteiger partial charge < -0.3 is 9.47 Å². The zero-order chi connectivity index (χ0) is 16.5. The number of hydrogen-bond acceptors (Lipinski definition) is 6. The van der Waals surface area contributed by atoms with Crippen LogP contribution in [0.5, 0.6) is 17.2 Å². The lowest BCUT2D eigenvalue weighted by Gasteiger charge is -2.10. The highest BCUT2D eigenvalue weighted by atomic mass is 35.5. The molecular weight excluding hydrogens is 339 g/mol. The Morgan fingerprint density at radius 1 is 0.826 bits per heavy atom. The molecule has 0 atom stereocenters. The fourth-order valence-corrected chi connectivity index (χ4v) is 1.88. The van der Waals surface area contributed by atoms with Crippen molar-refractivity contribution in [1.29, 1.82) is 0 Å². The first-order valence-corrected chi connectivity index (χ1v) is 7.14. The molecule has 0 aliphatic heterocycles. The predicted octanol–water partition coefficient (Wildman–Crippen LogP) is 4.06. The van der Waals surface area contributed by atoms with Crippen molar-refractivity contribution < 1.29 is 9.47 Å². The second kappa shape index (κ2) is 8.87. The molecule has 0 aliphatic carbocycles. The average molecular weight is 351 g/mol. The van der Waals surface area contributed by atoms with Crippen molar-refractivity contribution in [3.8, 4) is 17.2 Å². The van der Waals surface area contributed by atoms with Gasteiger partial charge >= 0.3 is 0 Å². The summed E-state index contributed by atoms with van der Waals surface area (Å²) >= 11 is 11.7. The number of halogens is 2. The van der Waals surface area contributed by atoms with Crippen LogP contribution in [0, 0.1) is 0 Å². The van der Waals surface area contributed by atoms with Crippen molar-refractivity contribution in [3.63, 3.8) is 0 Å².